The third kappa shape index (κ3) is 4.33. The van der Waals surface area contributed by atoms with E-state index < -0.39 is 0 Å². The van der Waals surface area contributed by atoms with Gasteiger partial charge in [-0.05, 0) is 24.6 Å². The van der Waals surface area contributed by atoms with Gasteiger partial charge < -0.3 is 19.0 Å². The Morgan fingerprint density at radius 1 is 1.15 bits per heavy atom. The summed E-state index contributed by atoms with van der Waals surface area (Å²) in [4.78, 5) is 16.5. The predicted molar refractivity (Wildman–Crippen MR) is 98.5 cm³/mol. The Morgan fingerprint density at radius 2 is 1.85 bits per heavy atom. The normalized spacial score (nSPS) is 14.8. The van der Waals surface area contributed by atoms with Crippen molar-refractivity contribution in [1.29, 1.82) is 0 Å². The third-order valence-electron chi connectivity index (χ3n) is 4.42. The maximum Gasteiger partial charge on any atom is 0.318 e. The Labute approximate surface area is 153 Å². The van der Waals surface area contributed by atoms with Gasteiger partial charge in [0, 0.05) is 32.1 Å². The van der Waals surface area contributed by atoms with E-state index in [2.05, 4.69) is 10.2 Å². The summed E-state index contributed by atoms with van der Waals surface area (Å²) in [6, 6.07) is 8.26. The molecule has 0 radical (unpaired) electrons. The van der Waals surface area contributed by atoms with Crippen LogP contribution >= 0.6 is 0 Å². The summed E-state index contributed by atoms with van der Waals surface area (Å²) in [5.74, 6) is 1.84. The van der Waals surface area contributed by atoms with Gasteiger partial charge in [0.25, 0.3) is 0 Å². The van der Waals surface area contributed by atoms with Crippen LogP contribution in [0.2, 0.25) is 0 Å². The summed E-state index contributed by atoms with van der Waals surface area (Å²) >= 11 is 0. The van der Waals surface area contributed by atoms with Crippen LogP contribution in [0.1, 0.15) is 38.1 Å². The molecule has 1 fully saturated rings. The number of benzene rings is 1. The molecule has 3 rings (SSSR count). The number of rotatable bonds is 6. The minimum atomic E-state index is 0.141. The highest BCUT2D eigenvalue weighted by molar-refractivity contribution is 5.79. The van der Waals surface area contributed by atoms with Crippen molar-refractivity contribution < 1.29 is 13.9 Å². The second-order valence-corrected chi connectivity index (χ2v) is 6.70. The minimum absolute atomic E-state index is 0.141. The van der Waals surface area contributed by atoms with Crippen LogP contribution in [0.25, 0.3) is 0 Å². The first-order chi connectivity index (χ1) is 12.6. The molecule has 0 N–H and O–H groups in total. The summed E-state index contributed by atoms with van der Waals surface area (Å²) in [6.45, 7) is 9.37. The summed E-state index contributed by atoms with van der Waals surface area (Å²) in [6.07, 6.45) is 0.407. The van der Waals surface area contributed by atoms with E-state index in [0.717, 1.165) is 11.3 Å². The van der Waals surface area contributed by atoms with Gasteiger partial charge in [0.05, 0.1) is 13.0 Å². The van der Waals surface area contributed by atoms with Gasteiger partial charge in [0.15, 0.2) is 0 Å². The Hall–Kier alpha value is -2.57. The molecule has 1 amide bonds. The number of carbonyl (C=O) groups is 1. The molecular formula is C19H26N4O3. The molecule has 0 atom stereocenters. The van der Waals surface area contributed by atoms with Crippen LogP contribution < -0.4 is 9.64 Å². The van der Waals surface area contributed by atoms with E-state index in [1.807, 2.05) is 54.8 Å². The summed E-state index contributed by atoms with van der Waals surface area (Å²) in [5, 5.41) is 8.19. The van der Waals surface area contributed by atoms with E-state index in [4.69, 9.17) is 9.15 Å². The van der Waals surface area contributed by atoms with Gasteiger partial charge in [-0.15, -0.1) is 5.10 Å². The lowest BCUT2D eigenvalue weighted by Gasteiger charge is -2.33. The summed E-state index contributed by atoms with van der Waals surface area (Å²) < 4.78 is 11.1. The monoisotopic (exact) mass is 358 g/mol. The standard InChI is InChI=1S/C19H26N4O3/c1-4-25-16-7-5-15(6-8-16)13-17(24)22-9-11-23(12-10-22)19-21-20-18(26-19)14(2)3/h5-8,14H,4,9-13H2,1-3H3. The Kier molecular flexibility index (Phi) is 5.75. The molecule has 26 heavy (non-hydrogen) atoms. The molecule has 7 heteroatoms. The van der Waals surface area contributed by atoms with Crippen LogP contribution in [0.3, 0.4) is 0 Å². The zero-order valence-electron chi connectivity index (χ0n) is 15.6. The lowest BCUT2D eigenvalue weighted by molar-refractivity contribution is -0.130. The maximum absolute atomic E-state index is 12.5. The first-order valence-corrected chi connectivity index (χ1v) is 9.14. The zero-order chi connectivity index (χ0) is 18.5. The van der Waals surface area contributed by atoms with Crippen LogP contribution in [0, 0.1) is 0 Å². The highest BCUT2D eigenvalue weighted by Gasteiger charge is 2.24. The van der Waals surface area contributed by atoms with E-state index in [9.17, 15) is 4.79 Å². The van der Waals surface area contributed by atoms with E-state index in [1.165, 1.54) is 0 Å². The summed E-state index contributed by atoms with van der Waals surface area (Å²) in [7, 11) is 0. The molecule has 140 valence electrons. The molecule has 1 aromatic carbocycles. The van der Waals surface area contributed by atoms with E-state index in [0.29, 0.717) is 51.1 Å². The van der Waals surface area contributed by atoms with E-state index >= 15 is 0 Å². The van der Waals surface area contributed by atoms with Crippen molar-refractivity contribution in [1.82, 2.24) is 15.1 Å². The lowest BCUT2D eigenvalue weighted by Crippen LogP contribution is -2.49. The Balaban J connectivity index is 1.51. The lowest BCUT2D eigenvalue weighted by atomic mass is 10.1. The van der Waals surface area contributed by atoms with Crippen molar-refractivity contribution in [2.45, 2.75) is 33.1 Å². The first kappa shape index (κ1) is 18.2. The topological polar surface area (TPSA) is 71.7 Å². The number of hydrogen-bond acceptors (Lipinski definition) is 6. The number of ether oxygens (including phenoxy) is 1. The fourth-order valence-electron chi connectivity index (χ4n) is 2.89. The van der Waals surface area contributed by atoms with Gasteiger partial charge in [0.1, 0.15) is 5.75 Å². The number of anilines is 1. The fourth-order valence-corrected chi connectivity index (χ4v) is 2.89. The molecule has 1 aromatic heterocycles. The van der Waals surface area contributed by atoms with E-state index in [1.54, 1.807) is 0 Å². The maximum atomic E-state index is 12.5. The van der Waals surface area contributed by atoms with Gasteiger partial charge in [-0.2, -0.15) is 0 Å². The molecule has 0 aliphatic carbocycles. The predicted octanol–water partition coefficient (Wildman–Crippen LogP) is 2.48. The average molecular weight is 358 g/mol. The molecule has 1 saturated heterocycles. The highest BCUT2D eigenvalue weighted by atomic mass is 16.5. The van der Waals surface area contributed by atoms with Crippen LogP contribution in [0.5, 0.6) is 5.75 Å². The molecule has 7 nitrogen and oxygen atoms in total. The number of amides is 1. The van der Waals surface area contributed by atoms with Gasteiger partial charge >= 0.3 is 6.01 Å². The number of piperazine rings is 1. The Bertz CT molecular complexity index is 719. The smallest absolute Gasteiger partial charge is 0.318 e. The third-order valence-corrected chi connectivity index (χ3v) is 4.42. The van der Waals surface area contributed by atoms with E-state index in [-0.39, 0.29) is 11.8 Å². The van der Waals surface area contributed by atoms with Crippen LogP contribution in [0.15, 0.2) is 28.7 Å². The molecule has 2 aromatic rings. The van der Waals surface area contributed by atoms with Gasteiger partial charge in [-0.25, -0.2) is 0 Å². The summed E-state index contributed by atoms with van der Waals surface area (Å²) in [5.41, 5.74) is 0.999. The van der Waals surface area contributed by atoms with Gasteiger partial charge in [-0.1, -0.05) is 31.1 Å². The number of carbonyl (C=O) groups excluding carboxylic acids is 1. The fraction of sp³-hybridized carbons (Fsp3) is 0.526. The van der Waals surface area contributed by atoms with Crippen LogP contribution in [-0.2, 0) is 11.2 Å². The van der Waals surface area contributed by atoms with Gasteiger partial charge in [-0.3, -0.25) is 4.79 Å². The molecule has 0 unspecified atom stereocenters. The molecule has 2 heterocycles. The zero-order valence-corrected chi connectivity index (χ0v) is 15.6. The molecule has 1 aliphatic rings. The van der Waals surface area contributed by atoms with Crippen molar-refractivity contribution in [3.05, 3.63) is 35.7 Å². The SMILES string of the molecule is CCOc1ccc(CC(=O)N2CCN(c3nnc(C(C)C)o3)CC2)cc1. The number of aromatic nitrogens is 2. The quantitative estimate of drug-likeness (QED) is 0.790. The van der Waals surface area contributed by atoms with Gasteiger partial charge in [0.2, 0.25) is 11.8 Å². The molecular weight excluding hydrogens is 332 g/mol. The average Bonchev–Trinajstić information content (AvgIpc) is 3.14. The van der Waals surface area contributed by atoms with Crippen molar-refractivity contribution in [3.63, 3.8) is 0 Å². The van der Waals surface area contributed by atoms with Crippen LogP contribution in [-0.4, -0.2) is 53.8 Å². The second kappa shape index (κ2) is 8.21. The van der Waals surface area contributed by atoms with Crippen molar-refractivity contribution in [2.75, 3.05) is 37.7 Å². The minimum Gasteiger partial charge on any atom is -0.494 e. The van der Waals surface area contributed by atoms with Crippen molar-refractivity contribution in [3.8, 4) is 5.75 Å². The largest absolute Gasteiger partial charge is 0.494 e. The number of nitrogens with zero attached hydrogens (tertiary/aromatic N) is 4. The number of hydrogen-bond donors (Lipinski definition) is 0. The molecule has 0 spiro atoms. The second-order valence-electron chi connectivity index (χ2n) is 6.70. The van der Waals surface area contributed by atoms with Crippen LogP contribution in [0.4, 0.5) is 6.01 Å². The Morgan fingerprint density at radius 3 is 2.42 bits per heavy atom. The molecule has 1 aliphatic heterocycles. The molecule has 0 saturated carbocycles. The first-order valence-electron chi connectivity index (χ1n) is 9.14. The highest BCUT2D eigenvalue weighted by Crippen LogP contribution is 2.20. The molecule has 0 bridgehead atoms. The van der Waals surface area contributed by atoms with Crippen molar-refractivity contribution >= 4 is 11.9 Å². The van der Waals surface area contributed by atoms with Crippen molar-refractivity contribution in [2.24, 2.45) is 0 Å².